The Hall–Kier alpha value is -1.40. The largest absolute Gasteiger partial charge is 0.329 e. The summed E-state index contributed by atoms with van der Waals surface area (Å²) >= 11 is 1.63. The van der Waals surface area contributed by atoms with E-state index in [0.717, 1.165) is 10.9 Å². The van der Waals surface area contributed by atoms with Gasteiger partial charge >= 0.3 is 0 Å². The highest BCUT2D eigenvalue weighted by Crippen LogP contribution is 2.21. The molecule has 6 heteroatoms. The third-order valence-electron chi connectivity index (χ3n) is 2.85. The van der Waals surface area contributed by atoms with E-state index in [2.05, 4.69) is 53.6 Å². The van der Waals surface area contributed by atoms with E-state index in [9.17, 15) is 0 Å². The molecule has 0 amide bonds. The minimum Gasteiger partial charge on any atom is -0.329 e. The first-order valence-corrected chi connectivity index (χ1v) is 7.37. The molecule has 0 atom stereocenters. The number of nitrogens with two attached hydrogens (primary N) is 1. The van der Waals surface area contributed by atoms with E-state index in [-0.39, 0.29) is 0 Å². The van der Waals surface area contributed by atoms with Crippen LogP contribution in [0.15, 0.2) is 29.4 Å². The zero-order valence-electron chi connectivity index (χ0n) is 11.3. The lowest BCUT2D eigenvalue weighted by Gasteiger charge is -2.06. The second-order valence-corrected chi connectivity index (χ2v) is 5.60. The fourth-order valence-corrected chi connectivity index (χ4v) is 2.57. The van der Waals surface area contributed by atoms with Gasteiger partial charge in [-0.1, -0.05) is 49.9 Å². The highest BCUT2D eigenvalue weighted by molar-refractivity contribution is 7.98. The second kappa shape index (κ2) is 6.68. The topological polar surface area (TPSA) is 69.6 Å². The number of rotatable bonds is 6. The lowest BCUT2D eigenvalue weighted by atomic mass is 10.0. The van der Waals surface area contributed by atoms with Crippen molar-refractivity contribution in [1.29, 1.82) is 0 Å². The highest BCUT2D eigenvalue weighted by Gasteiger charge is 2.06. The predicted molar refractivity (Wildman–Crippen MR) is 77.0 cm³/mol. The van der Waals surface area contributed by atoms with Crippen molar-refractivity contribution in [2.45, 2.75) is 37.2 Å². The molecule has 1 aromatic heterocycles. The van der Waals surface area contributed by atoms with Crippen LogP contribution in [0.1, 0.15) is 30.9 Å². The van der Waals surface area contributed by atoms with Crippen LogP contribution in [0.2, 0.25) is 0 Å². The van der Waals surface area contributed by atoms with Crippen LogP contribution in [-0.2, 0) is 12.3 Å². The van der Waals surface area contributed by atoms with E-state index >= 15 is 0 Å². The van der Waals surface area contributed by atoms with Gasteiger partial charge in [-0.2, -0.15) is 0 Å². The summed E-state index contributed by atoms with van der Waals surface area (Å²) < 4.78 is 1.74. The van der Waals surface area contributed by atoms with Crippen LogP contribution >= 0.6 is 11.8 Å². The summed E-state index contributed by atoms with van der Waals surface area (Å²) in [6.07, 6.45) is 0. The third-order valence-corrected chi connectivity index (χ3v) is 3.88. The van der Waals surface area contributed by atoms with Gasteiger partial charge in [0.1, 0.15) is 0 Å². The summed E-state index contributed by atoms with van der Waals surface area (Å²) in [7, 11) is 0. The molecule has 0 spiro atoms. The summed E-state index contributed by atoms with van der Waals surface area (Å²) in [5, 5.41) is 12.4. The molecule has 5 nitrogen and oxygen atoms in total. The molecule has 0 saturated heterocycles. The normalized spacial score (nSPS) is 11.2. The van der Waals surface area contributed by atoms with Crippen molar-refractivity contribution in [3.8, 4) is 0 Å². The van der Waals surface area contributed by atoms with E-state index in [4.69, 9.17) is 5.73 Å². The highest BCUT2D eigenvalue weighted by atomic mass is 32.2. The van der Waals surface area contributed by atoms with Crippen LogP contribution in [0.3, 0.4) is 0 Å². The molecule has 19 heavy (non-hydrogen) atoms. The number of hydrogen-bond acceptors (Lipinski definition) is 5. The van der Waals surface area contributed by atoms with Gasteiger partial charge in [0, 0.05) is 12.3 Å². The molecule has 0 aliphatic rings. The minimum absolute atomic E-state index is 0.543. The van der Waals surface area contributed by atoms with Gasteiger partial charge in [-0.05, 0) is 27.5 Å². The Morgan fingerprint density at radius 1 is 1.26 bits per heavy atom. The molecule has 0 radical (unpaired) electrons. The monoisotopic (exact) mass is 277 g/mol. The third kappa shape index (κ3) is 3.78. The Balaban J connectivity index is 1.96. The molecule has 2 aromatic rings. The summed E-state index contributed by atoms with van der Waals surface area (Å²) in [6, 6.07) is 8.70. The van der Waals surface area contributed by atoms with Crippen LogP contribution in [0.25, 0.3) is 0 Å². The Labute approximate surface area is 117 Å². The van der Waals surface area contributed by atoms with Crippen molar-refractivity contribution in [2.75, 3.05) is 6.54 Å². The van der Waals surface area contributed by atoms with Crippen molar-refractivity contribution in [3.05, 3.63) is 35.4 Å². The number of tetrazole rings is 1. The van der Waals surface area contributed by atoms with E-state index in [1.807, 2.05) is 0 Å². The predicted octanol–water partition coefficient (Wildman–Crippen LogP) is 2.05. The maximum Gasteiger partial charge on any atom is 0.209 e. The van der Waals surface area contributed by atoms with Gasteiger partial charge in [-0.3, -0.25) is 0 Å². The molecule has 1 heterocycles. The number of thioether (sulfide) groups is 1. The van der Waals surface area contributed by atoms with Gasteiger partial charge in [0.05, 0.1) is 6.54 Å². The summed E-state index contributed by atoms with van der Waals surface area (Å²) in [5.74, 6) is 1.43. The van der Waals surface area contributed by atoms with E-state index in [1.165, 1.54) is 11.1 Å². The zero-order valence-corrected chi connectivity index (χ0v) is 12.1. The van der Waals surface area contributed by atoms with Crippen LogP contribution in [0.4, 0.5) is 0 Å². The van der Waals surface area contributed by atoms with Crippen molar-refractivity contribution < 1.29 is 0 Å². The quantitative estimate of drug-likeness (QED) is 0.818. The maximum atomic E-state index is 5.52. The molecular weight excluding hydrogens is 258 g/mol. The average molecular weight is 277 g/mol. The smallest absolute Gasteiger partial charge is 0.209 e. The summed E-state index contributed by atoms with van der Waals surface area (Å²) in [4.78, 5) is 0. The molecule has 0 bridgehead atoms. The summed E-state index contributed by atoms with van der Waals surface area (Å²) in [5.41, 5.74) is 8.15. The van der Waals surface area contributed by atoms with Crippen molar-refractivity contribution in [1.82, 2.24) is 20.2 Å². The van der Waals surface area contributed by atoms with Crippen molar-refractivity contribution in [3.63, 3.8) is 0 Å². The first-order valence-electron chi connectivity index (χ1n) is 6.38. The van der Waals surface area contributed by atoms with Crippen LogP contribution < -0.4 is 5.73 Å². The van der Waals surface area contributed by atoms with Gasteiger partial charge in [0.2, 0.25) is 5.16 Å². The van der Waals surface area contributed by atoms with Gasteiger partial charge in [0.15, 0.2) is 0 Å². The molecule has 2 rings (SSSR count). The lowest BCUT2D eigenvalue weighted by Crippen LogP contribution is -2.12. The molecular formula is C13H19N5S. The molecule has 1 aromatic carbocycles. The van der Waals surface area contributed by atoms with Gasteiger partial charge in [-0.15, -0.1) is 5.10 Å². The maximum absolute atomic E-state index is 5.52. The Morgan fingerprint density at radius 3 is 2.63 bits per heavy atom. The van der Waals surface area contributed by atoms with E-state index < -0.39 is 0 Å². The number of nitrogens with zero attached hydrogens (tertiary/aromatic N) is 4. The fourth-order valence-electron chi connectivity index (χ4n) is 1.71. The standard InChI is InChI=1S/C13H19N5S/c1-10(2)12-5-3-11(4-6-12)9-19-13-15-16-17-18(13)8-7-14/h3-6,10H,7-9,14H2,1-2H3. The van der Waals surface area contributed by atoms with E-state index in [0.29, 0.717) is 19.0 Å². The Kier molecular flexibility index (Phi) is 4.93. The molecule has 102 valence electrons. The molecule has 0 aliphatic carbocycles. The minimum atomic E-state index is 0.543. The van der Waals surface area contributed by atoms with Crippen molar-refractivity contribution >= 4 is 11.8 Å². The molecule has 0 aliphatic heterocycles. The average Bonchev–Trinajstić information content (AvgIpc) is 2.85. The van der Waals surface area contributed by atoms with Crippen LogP contribution in [0.5, 0.6) is 0 Å². The van der Waals surface area contributed by atoms with Crippen LogP contribution in [-0.4, -0.2) is 26.8 Å². The van der Waals surface area contributed by atoms with Gasteiger partial charge < -0.3 is 5.73 Å². The van der Waals surface area contributed by atoms with E-state index in [1.54, 1.807) is 16.4 Å². The lowest BCUT2D eigenvalue weighted by molar-refractivity contribution is 0.557. The summed E-state index contributed by atoms with van der Waals surface area (Å²) in [6.45, 7) is 5.60. The SMILES string of the molecule is CC(C)c1ccc(CSc2nnnn2CCN)cc1. The Morgan fingerprint density at radius 2 is 2.00 bits per heavy atom. The number of hydrogen-bond donors (Lipinski definition) is 1. The van der Waals surface area contributed by atoms with Gasteiger partial charge in [-0.25, -0.2) is 4.68 Å². The van der Waals surface area contributed by atoms with Crippen LogP contribution in [0, 0.1) is 0 Å². The molecule has 0 fully saturated rings. The number of aromatic nitrogens is 4. The second-order valence-electron chi connectivity index (χ2n) is 4.66. The fraction of sp³-hybridized carbons (Fsp3) is 0.462. The first kappa shape index (κ1) is 14.0. The number of benzene rings is 1. The molecule has 2 N–H and O–H groups in total. The first-order chi connectivity index (χ1) is 9.20. The van der Waals surface area contributed by atoms with Crippen molar-refractivity contribution in [2.24, 2.45) is 5.73 Å². The molecule has 0 unspecified atom stereocenters. The van der Waals surface area contributed by atoms with Gasteiger partial charge in [0.25, 0.3) is 0 Å². The zero-order chi connectivity index (χ0) is 13.7. The Bertz CT molecular complexity index is 506. The molecule has 0 saturated carbocycles.